The summed E-state index contributed by atoms with van der Waals surface area (Å²) in [7, 11) is 1.50. The monoisotopic (exact) mass is 338 g/mol. The van der Waals surface area contributed by atoms with Gasteiger partial charge >= 0.3 is 0 Å². The van der Waals surface area contributed by atoms with Crippen LogP contribution in [0.5, 0.6) is 5.75 Å². The first-order chi connectivity index (χ1) is 12.0. The number of methoxy groups -OCH3 is 1. The summed E-state index contributed by atoms with van der Waals surface area (Å²) in [5, 5.41) is 2.77. The lowest BCUT2D eigenvalue weighted by Crippen LogP contribution is -2.24. The molecule has 1 N–H and O–H groups in total. The third-order valence-electron chi connectivity index (χ3n) is 4.00. The number of carbonyl (C=O) groups is 1. The Bertz CT molecular complexity index is 854. The number of nitrogens with one attached hydrogen (secondary N) is 1. The first-order valence-electron chi connectivity index (χ1n) is 8.05. The van der Waals surface area contributed by atoms with E-state index in [0.29, 0.717) is 23.6 Å². The predicted molar refractivity (Wildman–Crippen MR) is 96.0 cm³/mol. The van der Waals surface area contributed by atoms with Crippen molar-refractivity contribution in [1.29, 1.82) is 0 Å². The minimum absolute atomic E-state index is 0.253. The molecule has 0 fully saturated rings. The topological polar surface area (TPSA) is 50.7 Å². The van der Waals surface area contributed by atoms with Crippen LogP contribution in [0.1, 0.15) is 23.1 Å². The fourth-order valence-corrected chi connectivity index (χ4v) is 2.62. The molecule has 3 rings (SSSR count). The highest BCUT2D eigenvalue weighted by molar-refractivity contribution is 6.14. The molecular formula is C20H19FN2O2. The lowest BCUT2D eigenvalue weighted by molar-refractivity contribution is -0.115. The number of ether oxygens (including phenoxy) is 1. The molecule has 5 heteroatoms. The Kier molecular flexibility index (Phi) is 4.93. The van der Waals surface area contributed by atoms with Gasteiger partial charge in [-0.05, 0) is 43.2 Å². The molecule has 128 valence electrons. The molecule has 0 aromatic heterocycles. The minimum atomic E-state index is -0.394. The highest BCUT2D eigenvalue weighted by Gasteiger charge is 2.20. The predicted octanol–water partition coefficient (Wildman–Crippen LogP) is 3.64. The van der Waals surface area contributed by atoms with Crippen LogP contribution in [0.4, 0.5) is 4.39 Å². The second-order valence-electron chi connectivity index (χ2n) is 5.91. The summed E-state index contributed by atoms with van der Waals surface area (Å²) >= 11 is 0. The van der Waals surface area contributed by atoms with Crippen LogP contribution in [0, 0.1) is 12.7 Å². The number of amidine groups is 1. The number of nitrogens with zero attached hydrogens (tertiary/aromatic N) is 1. The van der Waals surface area contributed by atoms with Crippen LogP contribution >= 0.6 is 0 Å². The Morgan fingerprint density at radius 3 is 2.64 bits per heavy atom. The second-order valence-corrected chi connectivity index (χ2v) is 5.91. The molecule has 0 aliphatic carbocycles. The first kappa shape index (κ1) is 16.9. The summed E-state index contributed by atoms with van der Waals surface area (Å²) < 4.78 is 18.6. The Hall–Kier alpha value is -2.95. The summed E-state index contributed by atoms with van der Waals surface area (Å²) in [6, 6.07) is 12.4. The van der Waals surface area contributed by atoms with Crippen molar-refractivity contribution < 1.29 is 13.9 Å². The zero-order chi connectivity index (χ0) is 17.8. The molecule has 2 aromatic rings. The normalized spacial score (nSPS) is 15.2. The SMILES string of the molecule is COc1ccc(F)cc1/C=C1/N=C(CCc2ccc(C)cc2)NC1=O. The van der Waals surface area contributed by atoms with Crippen molar-refractivity contribution in [3.05, 3.63) is 70.7 Å². The van der Waals surface area contributed by atoms with Crippen LogP contribution in [0.3, 0.4) is 0 Å². The van der Waals surface area contributed by atoms with Crippen molar-refractivity contribution in [1.82, 2.24) is 5.32 Å². The fourth-order valence-electron chi connectivity index (χ4n) is 2.62. The van der Waals surface area contributed by atoms with Crippen molar-refractivity contribution in [2.24, 2.45) is 4.99 Å². The lowest BCUT2D eigenvalue weighted by atomic mass is 10.1. The van der Waals surface area contributed by atoms with Crippen LogP contribution in [-0.2, 0) is 11.2 Å². The second kappa shape index (κ2) is 7.30. The third-order valence-corrected chi connectivity index (χ3v) is 4.00. The molecule has 2 aromatic carbocycles. The largest absolute Gasteiger partial charge is 0.496 e. The number of hydrogen-bond acceptors (Lipinski definition) is 3. The molecule has 0 saturated heterocycles. The van der Waals surface area contributed by atoms with E-state index in [9.17, 15) is 9.18 Å². The summed E-state index contributed by atoms with van der Waals surface area (Å²) in [5.74, 6) is 0.428. The maximum absolute atomic E-state index is 13.4. The number of carbonyl (C=O) groups excluding carboxylic acids is 1. The molecule has 0 atom stereocenters. The minimum Gasteiger partial charge on any atom is -0.496 e. The smallest absolute Gasteiger partial charge is 0.275 e. The van der Waals surface area contributed by atoms with Gasteiger partial charge in [0.2, 0.25) is 0 Å². The fraction of sp³-hybridized carbons (Fsp3) is 0.200. The molecule has 1 aliphatic rings. The number of aliphatic imine (C=N–C) groups is 1. The Labute approximate surface area is 146 Å². The van der Waals surface area contributed by atoms with Gasteiger partial charge in [0.25, 0.3) is 5.91 Å². The van der Waals surface area contributed by atoms with Gasteiger partial charge < -0.3 is 10.1 Å². The number of rotatable bonds is 5. The van der Waals surface area contributed by atoms with E-state index in [1.807, 2.05) is 6.92 Å². The third kappa shape index (κ3) is 4.12. The van der Waals surface area contributed by atoms with Gasteiger partial charge in [-0.3, -0.25) is 4.79 Å². The average Bonchev–Trinajstić information content (AvgIpc) is 2.94. The van der Waals surface area contributed by atoms with Gasteiger partial charge in [-0.1, -0.05) is 29.8 Å². The van der Waals surface area contributed by atoms with Crippen LogP contribution in [0.2, 0.25) is 0 Å². The van der Waals surface area contributed by atoms with Gasteiger partial charge in [-0.2, -0.15) is 0 Å². The molecule has 1 heterocycles. The van der Waals surface area contributed by atoms with E-state index >= 15 is 0 Å². The van der Waals surface area contributed by atoms with E-state index < -0.39 is 5.82 Å². The summed E-state index contributed by atoms with van der Waals surface area (Å²) in [4.78, 5) is 16.4. The maximum atomic E-state index is 13.4. The Morgan fingerprint density at radius 2 is 1.92 bits per heavy atom. The van der Waals surface area contributed by atoms with Crippen molar-refractivity contribution in [2.75, 3.05) is 7.11 Å². The van der Waals surface area contributed by atoms with Gasteiger partial charge in [0.05, 0.1) is 7.11 Å². The van der Waals surface area contributed by atoms with E-state index in [-0.39, 0.29) is 11.6 Å². The first-order valence-corrected chi connectivity index (χ1v) is 8.05. The number of hydrogen-bond donors (Lipinski definition) is 1. The van der Waals surface area contributed by atoms with E-state index in [0.717, 1.165) is 6.42 Å². The van der Waals surface area contributed by atoms with Crippen LogP contribution in [0.15, 0.2) is 53.2 Å². The summed E-state index contributed by atoms with van der Waals surface area (Å²) in [5.41, 5.74) is 3.13. The summed E-state index contributed by atoms with van der Waals surface area (Å²) in [6.45, 7) is 2.04. The number of benzene rings is 2. The van der Waals surface area contributed by atoms with Gasteiger partial charge in [0.15, 0.2) is 0 Å². The molecular weight excluding hydrogens is 319 g/mol. The molecule has 25 heavy (non-hydrogen) atoms. The standard InChI is InChI=1S/C20H19FN2O2/c1-13-3-5-14(6-4-13)7-10-19-22-17(20(24)23-19)12-15-11-16(21)8-9-18(15)25-2/h3-6,8-9,11-12H,7,10H2,1-2H3,(H,22,23,24)/b17-12+. The van der Waals surface area contributed by atoms with E-state index in [1.54, 1.807) is 0 Å². The average molecular weight is 338 g/mol. The molecule has 0 bridgehead atoms. The van der Waals surface area contributed by atoms with Crippen molar-refractivity contribution in [3.63, 3.8) is 0 Å². The van der Waals surface area contributed by atoms with Crippen LogP contribution in [-0.4, -0.2) is 18.9 Å². The van der Waals surface area contributed by atoms with Crippen LogP contribution in [0.25, 0.3) is 6.08 Å². The number of aryl methyl sites for hydroxylation is 2. The van der Waals surface area contributed by atoms with Crippen molar-refractivity contribution in [2.45, 2.75) is 19.8 Å². The van der Waals surface area contributed by atoms with Gasteiger partial charge in [-0.25, -0.2) is 9.38 Å². The molecule has 0 radical (unpaired) electrons. The quantitative estimate of drug-likeness (QED) is 0.846. The Morgan fingerprint density at radius 1 is 1.16 bits per heavy atom. The Balaban J connectivity index is 1.76. The van der Waals surface area contributed by atoms with E-state index in [1.165, 1.54) is 42.5 Å². The van der Waals surface area contributed by atoms with Crippen molar-refractivity contribution >= 4 is 17.8 Å². The maximum Gasteiger partial charge on any atom is 0.275 e. The highest BCUT2D eigenvalue weighted by atomic mass is 19.1. The molecule has 0 saturated carbocycles. The zero-order valence-corrected chi connectivity index (χ0v) is 14.2. The van der Waals surface area contributed by atoms with Gasteiger partial charge in [0, 0.05) is 12.0 Å². The van der Waals surface area contributed by atoms with Gasteiger partial charge in [-0.15, -0.1) is 0 Å². The molecule has 1 amide bonds. The molecule has 0 unspecified atom stereocenters. The van der Waals surface area contributed by atoms with Crippen LogP contribution < -0.4 is 10.1 Å². The highest BCUT2D eigenvalue weighted by Crippen LogP contribution is 2.23. The number of amides is 1. The molecule has 1 aliphatic heterocycles. The summed E-state index contributed by atoms with van der Waals surface area (Å²) in [6.07, 6.45) is 2.96. The van der Waals surface area contributed by atoms with Gasteiger partial charge in [0.1, 0.15) is 23.1 Å². The zero-order valence-electron chi connectivity index (χ0n) is 14.2. The van der Waals surface area contributed by atoms with E-state index in [4.69, 9.17) is 4.74 Å². The van der Waals surface area contributed by atoms with E-state index in [2.05, 4.69) is 34.6 Å². The lowest BCUT2D eigenvalue weighted by Gasteiger charge is -2.04. The van der Waals surface area contributed by atoms with Crippen molar-refractivity contribution in [3.8, 4) is 5.75 Å². The molecule has 0 spiro atoms. The molecule has 4 nitrogen and oxygen atoms in total. The number of halogens is 1.